The summed E-state index contributed by atoms with van der Waals surface area (Å²) in [7, 11) is 4.07. The van der Waals surface area contributed by atoms with Crippen molar-refractivity contribution in [3.05, 3.63) is 23.9 Å². The average Bonchev–Trinajstić information content (AvgIpc) is 2.30. The summed E-state index contributed by atoms with van der Waals surface area (Å²) in [4.78, 5) is 6.39. The highest BCUT2D eigenvalue weighted by Gasteiger charge is 2.15. The van der Waals surface area contributed by atoms with Gasteiger partial charge in [0.25, 0.3) is 0 Å². The molecule has 0 spiro atoms. The van der Waals surface area contributed by atoms with Gasteiger partial charge in [-0.1, -0.05) is 0 Å². The monoisotopic (exact) mass is 277 g/mol. The van der Waals surface area contributed by atoms with Gasteiger partial charge in [-0.15, -0.1) is 24.8 Å². The van der Waals surface area contributed by atoms with Gasteiger partial charge in [0.15, 0.2) is 0 Å². The zero-order valence-corrected chi connectivity index (χ0v) is 12.0. The molecule has 2 heterocycles. The van der Waals surface area contributed by atoms with Crippen molar-refractivity contribution in [2.24, 2.45) is 0 Å². The quantitative estimate of drug-likeness (QED) is 0.900. The molecule has 0 amide bonds. The third kappa shape index (κ3) is 4.34. The van der Waals surface area contributed by atoms with Gasteiger partial charge in [-0.05, 0) is 43.0 Å². The minimum Gasteiger partial charge on any atom is -0.363 e. The van der Waals surface area contributed by atoms with Crippen LogP contribution >= 0.6 is 24.8 Å². The van der Waals surface area contributed by atoms with Gasteiger partial charge in [-0.3, -0.25) is 0 Å². The van der Waals surface area contributed by atoms with Crippen molar-refractivity contribution in [1.82, 2.24) is 10.3 Å². The van der Waals surface area contributed by atoms with Crippen molar-refractivity contribution in [2.75, 3.05) is 32.1 Å². The molecule has 0 bridgehead atoms. The lowest BCUT2D eigenvalue weighted by Gasteiger charge is -2.24. The Kier molecular flexibility index (Phi) is 7.51. The summed E-state index contributed by atoms with van der Waals surface area (Å²) in [6, 6.07) is 4.35. The second kappa shape index (κ2) is 7.75. The zero-order valence-electron chi connectivity index (χ0n) is 10.3. The molecule has 1 saturated heterocycles. The van der Waals surface area contributed by atoms with Crippen LogP contribution in [0.3, 0.4) is 0 Å². The molecule has 1 unspecified atom stereocenters. The van der Waals surface area contributed by atoms with Crippen LogP contribution in [-0.4, -0.2) is 32.2 Å². The highest BCUT2D eigenvalue weighted by atomic mass is 35.5. The minimum absolute atomic E-state index is 0. The predicted octanol–water partition coefficient (Wildman–Crippen LogP) is 2.46. The van der Waals surface area contributed by atoms with E-state index in [1.165, 1.54) is 24.9 Å². The molecule has 2 rings (SSSR count). The second-order valence-corrected chi connectivity index (χ2v) is 4.39. The highest BCUT2D eigenvalue weighted by molar-refractivity contribution is 5.85. The van der Waals surface area contributed by atoms with E-state index in [1.54, 1.807) is 0 Å². The molecule has 1 aromatic rings. The van der Waals surface area contributed by atoms with Crippen LogP contribution in [0.5, 0.6) is 0 Å². The SMILES string of the molecule is CN(C)c1cc(C2CCCNC2)ccn1.Cl.Cl. The van der Waals surface area contributed by atoms with E-state index in [1.807, 2.05) is 20.3 Å². The number of hydrogen-bond acceptors (Lipinski definition) is 3. The van der Waals surface area contributed by atoms with Crippen LogP contribution in [-0.2, 0) is 0 Å². The first-order valence-corrected chi connectivity index (χ1v) is 5.61. The molecule has 1 atom stereocenters. The smallest absolute Gasteiger partial charge is 0.128 e. The van der Waals surface area contributed by atoms with Crippen LogP contribution in [0.1, 0.15) is 24.3 Å². The molecule has 1 aliphatic heterocycles. The Labute approximate surface area is 116 Å². The summed E-state index contributed by atoms with van der Waals surface area (Å²) in [5, 5.41) is 3.45. The van der Waals surface area contributed by atoms with Gasteiger partial charge in [0.1, 0.15) is 5.82 Å². The third-order valence-electron chi connectivity index (χ3n) is 3.00. The van der Waals surface area contributed by atoms with E-state index in [0.717, 1.165) is 12.4 Å². The summed E-state index contributed by atoms with van der Waals surface area (Å²) in [6.07, 6.45) is 4.49. The number of nitrogens with zero attached hydrogens (tertiary/aromatic N) is 2. The van der Waals surface area contributed by atoms with Crippen molar-refractivity contribution in [1.29, 1.82) is 0 Å². The topological polar surface area (TPSA) is 28.2 Å². The van der Waals surface area contributed by atoms with Gasteiger partial charge >= 0.3 is 0 Å². The molecule has 1 aliphatic rings. The van der Waals surface area contributed by atoms with Crippen LogP contribution in [0.4, 0.5) is 5.82 Å². The van der Waals surface area contributed by atoms with E-state index >= 15 is 0 Å². The lowest BCUT2D eigenvalue weighted by molar-refractivity contribution is 0.461. The Bertz CT molecular complexity index is 325. The van der Waals surface area contributed by atoms with Crippen LogP contribution < -0.4 is 10.2 Å². The second-order valence-electron chi connectivity index (χ2n) is 4.39. The van der Waals surface area contributed by atoms with Crippen LogP contribution in [0.15, 0.2) is 18.3 Å². The fourth-order valence-electron chi connectivity index (χ4n) is 2.07. The molecule has 0 aliphatic carbocycles. The minimum atomic E-state index is 0. The molecule has 98 valence electrons. The molecular formula is C12H21Cl2N3. The van der Waals surface area contributed by atoms with Gasteiger partial charge in [-0.2, -0.15) is 0 Å². The summed E-state index contributed by atoms with van der Waals surface area (Å²) < 4.78 is 0. The molecule has 1 aromatic heterocycles. The molecule has 17 heavy (non-hydrogen) atoms. The molecule has 3 nitrogen and oxygen atoms in total. The fraction of sp³-hybridized carbons (Fsp3) is 0.583. The van der Waals surface area contributed by atoms with Crippen molar-refractivity contribution in [3.63, 3.8) is 0 Å². The van der Waals surface area contributed by atoms with Gasteiger partial charge in [-0.25, -0.2) is 4.98 Å². The molecule has 5 heteroatoms. The number of rotatable bonds is 2. The van der Waals surface area contributed by atoms with Gasteiger partial charge < -0.3 is 10.2 Å². The molecule has 1 fully saturated rings. The normalized spacial score (nSPS) is 18.8. The molecular weight excluding hydrogens is 257 g/mol. The number of halogens is 2. The fourth-order valence-corrected chi connectivity index (χ4v) is 2.07. The number of nitrogens with one attached hydrogen (secondary N) is 1. The van der Waals surface area contributed by atoms with E-state index < -0.39 is 0 Å². The van der Waals surface area contributed by atoms with Crippen molar-refractivity contribution in [2.45, 2.75) is 18.8 Å². The van der Waals surface area contributed by atoms with Gasteiger partial charge in [0.05, 0.1) is 0 Å². The lowest BCUT2D eigenvalue weighted by Crippen LogP contribution is -2.28. The molecule has 1 N–H and O–H groups in total. The third-order valence-corrected chi connectivity index (χ3v) is 3.00. The van der Waals surface area contributed by atoms with E-state index in [4.69, 9.17) is 0 Å². The number of anilines is 1. The maximum Gasteiger partial charge on any atom is 0.128 e. The van der Waals surface area contributed by atoms with Crippen molar-refractivity contribution in [3.8, 4) is 0 Å². The van der Waals surface area contributed by atoms with Crippen LogP contribution in [0, 0.1) is 0 Å². The largest absolute Gasteiger partial charge is 0.363 e. The molecule has 0 saturated carbocycles. The highest BCUT2D eigenvalue weighted by Crippen LogP contribution is 2.24. The Hall–Kier alpha value is -0.510. The summed E-state index contributed by atoms with van der Waals surface area (Å²) in [5.74, 6) is 1.72. The first-order chi connectivity index (χ1) is 7.27. The van der Waals surface area contributed by atoms with Crippen molar-refractivity contribution < 1.29 is 0 Å². The molecule has 0 aromatic carbocycles. The molecule has 0 radical (unpaired) electrons. The standard InChI is InChI=1S/C12H19N3.2ClH/c1-15(2)12-8-10(5-7-14-12)11-4-3-6-13-9-11;;/h5,7-8,11,13H,3-4,6,9H2,1-2H3;2*1H. The van der Waals surface area contributed by atoms with Gasteiger partial charge in [0, 0.05) is 26.8 Å². The maximum atomic E-state index is 4.34. The number of piperidine rings is 1. The van der Waals surface area contributed by atoms with Crippen molar-refractivity contribution >= 4 is 30.6 Å². The Morgan fingerprint density at radius 2 is 2.12 bits per heavy atom. The predicted molar refractivity (Wildman–Crippen MR) is 77.9 cm³/mol. The summed E-state index contributed by atoms with van der Waals surface area (Å²) in [6.45, 7) is 2.28. The first-order valence-electron chi connectivity index (χ1n) is 5.61. The van der Waals surface area contributed by atoms with Crippen LogP contribution in [0.25, 0.3) is 0 Å². The lowest BCUT2D eigenvalue weighted by atomic mass is 9.92. The zero-order chi connectivity index (χ0) is 10.7. The number of aromatic nitrogens is 1. The van der Waals surface area contributed by atoms with Crippen LogP contribution in [0.2, 0.25) is 0 Å². The van der Waals surface area contributed by atoms with E-state index in [2.05, 4.69) is 27.3 Å². The van der Waals surface area contributed by atoms with E-state index in [-0.39, 0.29) is 24.8 Å². The van der Waals surface area contributed by atoms with E-state index in [0.29, 0.717) is 5.92 Å². The summed E-state index contributed by atoms with van der Waals surface area (Å²) >= 11 is 0. The van der Waals surface area contributed by atoms with Gasteiger partial charge in [0.2, 0.25) is 0 Å². The number of hydrogen-bond donors (Lipinski definition) is 1. The van der Waals surface area contributed by atoms with E-state index in [9.17, 15) is 0 Å². The number of pyridine rings is 1. The maximum absolute atomic E-state index is 4.34. The average molecular weight is 278 g/mol. The first kappa shape index (κ1) is 16.5. The Balaban J connectivity index is 0.00000128. The Morgan fingerprint density at radius 1 is 1.35 bits per heavy atom. The summed E-state index contributed by atoms with van der Waals surface area (Å²) in [5.41, 5.74) is 1.42. The Morgan fingerprint density at radius 3 is 2.71 bits per heavy atom.